The molecule has 1 fully saturated rings. The number of hydrogen-bond acceptors (Lipinski definition) is 4. The molecule has 27 heavy (non-hydrogen) atoms. The fraction of sp³-hybridized carbons (Fsp3) is 0.600. The maximum atomic E-state index is 11.8. The number of nitrogens with zero attached hydrogens (tertiary/aromatic N) is 2. The summed E-state index contributed by atoms with van der Waals surface area (Å²) in [4.78, 5) is 27.9. The molecule has 1 saturated heterocycles. The second kappa shape index (κ2) is 10.3. The number of nitrogens with two attached hydrogens (primary N) is 1. The summed E-state index contributed by atoms with van der Waals surface area (Å²) in [6.45, 7) is 10.5. The molecule has 1 aliphatic heterocycles. The Labute approximate surface area is 162 Å². The van der Waals surface area contributed by atoms with Gasteiger partial charge in [-0.05, 0) is 32.4 Å². The molecule has 1 heterocycles. The van der Waals surface area contributed by atoms with Crippen molar-refractivity contribution in [2.24, 2.45) is 11.1 Å². The highest BCUT2D eigenvalue weighted by Gasteiger charge is 2.25. The average molecular weight is 376 g/mol. The quantitative estimate of drug-likeness (QED) is 0.562. The van der Waals surface area contributed by atoms with E-state index in [1.165, 1.54) is 5.56 Å². The van der Waals surface area contributed by atoms with E-state index >= 15 is 0 Å². The second-order valence-corrected chi connectivity index (χ2v) is 7.81. The second-order valence-electron chi connectivity index (χ2n) is 7.81. The number of nitrogens with one attached hydrogen (secondary N) is 2. The van der Waals surface area contributed by atoms with Gasteiger partial charge in [0.2, 0.25) is 5.91 Å². The Morgan fingerprint density at radius 3 is 2.30 bits per heavy atom. The van der Waals surface area contributed by atoms with E-state index in [2.05, 4.69) is 44.7 Å². The molecule has 1 aliphatic rings. The van der Waals surface area contributed by atoms with Crippen LogP contribution in [0.25, 0.3) is 0 Å². The Hall–Kier alpha value is -2.12. The largest absolute Gasteiger partial charge is 0.369 e. The number of amides is 3. The third-order valence-electron chi connectivity index (χ3n) is 5.01. The number of piperazine rings is 1. The topological polar surface area (TPSA) is 90.7 Å². The molecule has 7 heteroatoms. The van der Waals surface area contributed by atoms with Gasteiger partial charge in [0.1, 0.15) is 0 Å². The molecule has 0 radical (unpaired) electrons. The number of urea groups is 1. The summed E-state index contributed by atoms with van der Waals surface area (Å²) in [5.74, 6) is -0.422. The normalized spacial score (nSPS) is 16.1. The van der Waals surface area contributed by atoms with Crippen LogP contribution in [0.3, 0.4) is 0 Å². The molecule has 1 aromatic rings. The molecule has 0 aromatic heterocycles. The minimum Gasteiger partial charge on any atom is -0.369 e. The van der Waals surface area contributed by atoms with Crippen molar-refractivity contribution in [2.75, 3.05) is 45.8 Å². The van der Waals surface area contributed by atoms with Crippen molar-refractivity contribution in [1.82, 2.24) is 20.4 Å². The lowest BCUT2D eigenvalue weighted by Crippen LogP contribution is -2.47. The molecule has 150 valence electrons. The highest BCUT2D eigenvalue weighted by Crippen LogP contribution is 2.11. The van der Waals surface area contributed by atoms with Crippen LogP contribution >= 0.6 is 0 Å². The molecule has 4 N–H and O–H groups in total. The van der Waals surface area contributed by atoms with Gasteiger partial charge in [-0.1, -0.05) is 30.3 Å². The maximum Gasteiger partial charge on any atom is 0.314 e. The fourth-order valence-corrected chi connectivity index (χ4v) is 2.97. The summed E-state index contributed by atoms with van der Waals surface area (Å²) in [6.07, 6.45) is 0.908. The Balaban J connectivity index is 1.54. The number of primary amides is 1. The number of benzene rings is 1. The standard InChI is InChI=1S/C20H33N5O2/c1-20(2,18(21)26)16-23-19(27)22-9-6-10-24-11-13-25(14-12-24)15-17-7-4-3-5-8-17/h3-5,7-8H,6,9-16H2,1-2H3,(H2,21,26)(H2,22,23,27). The van der Waals surface area contributed by atoms with Crippen LogP contribution in [0, 0.1) is 5.41 Å². The summed E-state index contributed by atoms with van der Waals surface area (Å²) in [5, 5.41) is 5.54. The molecule has 3 amide bonds. The first-order chi connectivity index (χ1) is 12.9. The van der Waals surface area contributed by atoms with Crippen LogP contribution in [0.15, 0.2) is 30.3 Å². The lowest BCUT2D eigenvalue weighted by molar-refractivity contribution is -0.125. The SMILES string of the molecule is CC(C)(CNC(=O)NCCCN1CCN(Cc2ccccc2)CC1)C(N)=O. The Bertz CT molecular complexity index is 598. The number of carbonyl (C=O) groups is 2. The van der Waals surface area contributed by atoms with Crippen molar-refractivity contribution in [3.8, 4) is 0 Å². The van der Waals surface area contributed by atoms with Gasteiger partial charge < -0.3 is 21.3 Å². The lowest BCUT2D eigenvalue weighted by atomic mass is 9.93. The van der Waals surface area contributed by atoms with Crippen molar-refractivity contribution < 1.29 is 9.59 Å². The van der Waals surface area contributed by atoms with E-state index in [4.69, 9.17) is 5.73 Å². The maximum absolute atomic E-state index is 11.8. The molecule has 0 spiro atoms. The molecular weight excluding hydrogens is 342 g/mol. The zero-order valence-electron chi connectivity index (χ0n) is 16.5. The molecular formula is C20H33N5O2. The van der Waals surface area contributed by atoms with Crippen LogP contribution in [-0.2, 0) is 11.3 Å². The minimum absolute atomic E-state index is 0.234. The third kappa shape index (κ3) is 7.56. The van der Waals surface area contributed by atoms with Crippen LogP contribution in [0.1, 0.15) is 25.8 Å². The first-order valence-corrected chi connectivity index (χ1v) is 9.67. The van der Waals surface area contributed by atoms with E-state index < -0.39 is 11.3 Å². The van der Waals surface area contributed by atoms with E-state index in [0.717, 1.165) is 45.7 Å². The van der Waals surface area contributed by atoms with Crippen LogP contribution in [0.2, 0.25) is 0 Å². The summed E-state index contributed by atoms with van der Waals surface area (Å²) in [5.41, 5.74) is 5.92. The van der Waals surface area contributed by atoms with Gasteiger partial charge in [0.15, 0.2) is 0 Å². The molecule has 1 aromatic carbocycles. The molecule has 2 rings (SSSR count). The fourth-order valence-electron chi connectivity index (χ4n) is 2.97. The van der Waals surface area contributed by atoms with Gasteiger partial charge in [-0.15, -0.1) is 0 Å². The lowest BCUT2D eigenvalue weighted by Gasteiger charge is -2.34. The zero-order valence-corrected chi connectivity index (χ0v) is 16.5. The van der Waals surface area contributed by atoms with Gasteiger partial charge in [-0.3, -0.25) is 9.69 Å². The van der Waals surface area contributed by atoms with Gasteiger partial charge in [-0.2, -0.15) is 0 Å². The molecule has 0 aliphatic carbocycles. The van der Waals surface area contributed by atoms with Crippen LogP contribution in [-0.4, -0.2) is 67.6 Å². The summed E-state index contributed by atoms with van der Waals surface area (Å²) in [6, 6.07) is 10.3. The zero-order chi connectivity index (χ0) is 19.7. The third-order valence-corrected chi connectivity index (χ3v) is 5.01. The van der Waals surface area contributed by atoms with Gasteiger partial charge in [0, 0.05) is 45.8 Å². The van der Waals surface area contributed by atoms with Crippen LogP contribution in [0.4, 0.5) is 4.79 Å². The average Bonchev–Trinajstić information content (AvgIpc) is 2.65. The number of hydrogen-bond donors (Lipinski definition) is 3. The molecule has 7 nitrogen and oxygen atoms in total. The van der Waals surface area contributed by atoms with Crippen molar-refractivity contribution in [2.45, 2.75) is 26.8 Å². The van der Waals surface area contributed by atoms with E-state index in [-0.39, 0.29) is 12.6 Å². The first kappa shape index (κ1) is 21.2. The van der Waals surface area contributed by atoms with Crippen molar-refractivity contribution in [1.29, 1.82) is 0 Å². The number of carbonyl (C=O) groups excluding carboxylic acids is 2. The van der Waals surface area contributed by atoms with Crippen LogP contribution in [0.5, 0.6) is 0 Å². The van der Waals surface area contributed by atoms with E-state index in [1.54, 1.807) is 13.8 Å². The van der Waals surface area contributed by atoms with Gasteiger partial charge >= 0.3 is 6.03 Å². The first-order valence-electron chi connectivity index (χ1n) is 9.67. The number of rotatable bonds is 9. The predicted molar refractivity (Wildman–Crippen MR) is 107 cm³/mol. The predicted octanol–water partition coefficient (Wildman–Crippen LogP) is 1.01. The van der Waals surface area contributed by atoms with Crippen LogP contribution < -0.4 is 16.4 Å². The smallest absolute Gasteiger partial charge is 0.314 e. The summed E-state index contributed by atoms with van der Waals surface area (Å²) < 4.78 is 0. The molecule has 0 atom stereocenters. The summed E-state index contributed by atoms with van der Waals surface area (Å²) in [7, 11) is 0. The van der Waals surface area contributed by atoms with Gasteiger partial charge in [0.05, 0.1) is 5.41 Å². The van der Waals surface area contributed by atoms with E-state index in [0.29, 0.717) is 6.54 Å². The monoisotopic (exact) mass is 375 g/mol. The van der Waals surface area contributed by atoms with Gasteiger partial charge in [-0.25, -0.2) is 4.79 Å². The molecule has 0 bridgehead atoms. The minimum atomic E-state index is -0.739. The van der Waals surface area contributed by atoms with Gasteiger partial charge in [0.25, 0.3) is 0 Å². The van der Waals surface area contributed by atoms with Crippen molar-refractivity contribution in [3.05, 3.63) is 35.9 Å². The molecule has 0 unspecified atom stereocenters. The Morgan fingerprint density at radius 1 is 1.04 bits per heavy atom. The summed E-state index contributed by atoms with van der Waals surface area (Å²) >= 11 is 0. The Kier molecular flexibility index (Phi) is 8.06. The van der Waals surface area contributed by atoms with Crippen molar-refractivity contribution >= 4 is 11.9 Å². The molecule has 0 saturated carbocycles. The Morgan fingerprint density at radius 2 is 1.67 bits per heavy atom. The highest BCUT2D eigenvalue weighted by atomic mass is 16.2. The van der Waals surface area contributed by atoms with E-state index in [9.17, 15) is 9.59 Å². The highest BCUT2D eigenvalue weighted by molar-refractivity contribution is 5.81. The van der Waals surface area contributed by atoms with Crippen molar-refractivity contribution in [3.63, 3.8) is 0 Å². The van der Waals surface area contributed by atoms with E-state index in [1.807, 2.05) is 6.07 Å².